The van der Waals surface area contributed by atoms with Crippen molar-refractivity contribution in [1.82, 2.24) is 9.97 Å². The molecule has 0 fully saturated rings. The van der Waals surface area contributed by atoms with Gasteiger partial charge >= 0.3 is 0 Å². The van der Waals surface area contributed by atoms with Crippen molar-refractivity contribution >= 4 is 10.9 Å². The van der Waals surface area contributed by atoms with Crippen LogP contribution in [0.25, 0.3) is 10.9 Å². The van der Waals surface area contributed by atoms with E-state index < -0.39 is 0 Å². The fraction of sp³-hybridized carbons (Fsp3) is 0.125. The lowest BCUT2D eigenvalue weighted by Crippen LogP contribution is -2.05. The van der Waals surface area contributed by atoms with E-state index in [9.17, 15) is 4.79 Å². The number of H-pyrrole nitrogens is 2. The summed E-state index contributed by atoms with van der Waals surface area (Å²) >= 11 is 0. The summed E-state index contributed by atoms with van der Waals surface area (Å²) in [6.07, 6.45) is 3.49. The van der Waals surface area contributed by atoms with Gasteiger partial charge in [-0.25, -0.2) is 0 Å². The van der Waals surface area contributed by atoms with Crippen LogP contribution in [-0.4, -0.2) is 9.97 Å². The van der Waals surface area contributed by atoms with E-state index in [1.807, 2.05) is 13.0 Å². The number of aromatic amines is 2. The van der Waals surface area contributed by atoms with Crippen LogP contribution in [0.15, 0.2) is 23.3 Å². The van der Waals surface area contributed by atoms with Gasteiger partial charge in [0.25, 0.3) is 5.56 Å². The molecule has 0 amide bonds. The Hall–Kier alpha value is -1.51. The lowest BCUT2D eigenvalue weighted by atomic mass is 10.2. The van der Waals surface area contributed by atoms with Crippen LogP contribution in [0.3, 0.4) is 0 Å². The van der Waals surface area contributed by atoms with Gasteiger partial charge in [0.1, 0.15) is 5.52 Å². The number of hydrogen-bond acceptors (Lipinski definition) is 1. The molecule has 0 saturated carbocycles. The lowest BCUT2D eigenvalue weighted by molar-refractivity contribution is 1.23. The van der Waals surface area contributed by atoms with Crippen molar-refractivity contribution in [3.05, 3.63) is 34.4 Å². The van der Waals surface area contributed by atoms with Gasteiger partial charge in [-0.15, -0.1) is 0 Å². The molecule has 11 heavy (non-hydrogen) atoms. The zero-order valence-corrected chi connectivity index (χ0v) is 6.14. The minimum absolute atomic E-state index is 0.0596. The van der Waals surface area contributed by atoms with Crippen molar-refractivity contribution < 1.29 is 0 Å². The van der Waals surface area contributed by atoms with Crippen molar-refractivity contribution in [2.24, 2.45) is 0 Å². The average molecular weight is 148 g/mol. The third kappa shape index (κ3) is 0.774. The summed E-state index contributed by atoms with van der Waals surface area (Å²) in [5.74, 6) is 0. The lowest BCUT2D eigenvalue weighted by Gasteiger charge is -1.92. The molecule has 0 radical (unpaired) electrons. The molecule has 0 spiro atoms. The van der Waals surface area contributed by atoms with Crippen molar-refractivity contribution in [1.29, 1.82) is 0 Å². The molecule has 0 atom stereocenters. The SMILES string of the molecule is Cc1c[nH]c(=O)c2[nH]ccc12. The van der Waals surface area contributed by atoms with E-state index in [-0.39, 0.29) is 5.56 Å². The third-order valence-corrected chi connectivity index (χ3v) is 1.82. The smallest absolute Gasteiger partial charge is 0.272 e. The highest BCUT2D eigenvalue weighted by Crippen LogP contribution is 2.10. The Balaban J connectivity index is 3.08. The minimum atomic E-state index is -0.0596. The van der Waals surface area contributed by atoms with E-state index in [0.717, 1.165) is 10.9 Å². The maximum atomic E-state index is 11.1. The van der Waals surface area contributed by atoms with Gasteiger partial charge in [-0.2, -0.15) is 0 Å². The second kappa shape index (κ2) is 1.99. The second-order valence-electron chi connectivity index (χ2n) is 2.57. The molecule has 56 valence electrons. The predicted octanol–water partition coefficient (Wildman–Crippen LogP) is 1.16. The van der Waals surface area contributed by atoms with Crippen LogP contribution < -0.4 is 5.56 Å². The summed E-state index contributed by atoms with van der Waals surface area (Å²) in [7, 11) is 0. The van der Waals surface area contributed by atoms with Gasteiger partial charge in [0, 0.05) is 17.8 Å². The minimum Gasteiger partial charge on any atom is -0.357 e. The predicted molar refractivity (Wildman–Crippen MR) is 43.7 cm³/mol. The van der Waals surface area contributed by atoms with Crippen molar-refractivity contribution in [2.45, 2.75) is 6.92 Å². The molecule has 0 unspecified atom stereocenters. The van der Waals surface area contributed by atoms with Crippen LogP contribution in [-0.2, 0) is 0 Å². The summed E-state index contributed by atoms with van der Waals surface area (Å²) in [6.45, 7) is 1.96. The Morgan fingerprint density at radius 3 is 2.91 bits per heavy atom. The maximum Gasteiger partial charge on any atom is 0.272 e. The average Bonchev–Trinajstić information content (AvgIpc) is 2.45. The van der Waals surface area contributed by atoms with Crippen molar-refractivity contribution in [2.75, 3.05) is 0 Å². The maximum absolute atomic E-state index is 11.1. The Bertz CT molecular complexity index is 439. The molecule has 0 aromatic carbocycles. The number of aromatic nitrogens is 2. The fourth-order valence-electron chi connectivity index (χ4n) is 1.21. The van der Waals surface area contributed by atoms with Gasteiger partial charge in [0.15, 0.2) is 0 Å². The van der Waals surface area contributed by atoms with Crippen LogP contribution in [0.5, 0.6) is 0 Å². The van der Waals surface area contributed by atoms with E-state index in [0.29, 0.717) is 5.52 Å². The summed E-state index contributed by atoms with van der Waals surface area (Å²) < 4.78 is 0. The number of rotatable bonds is 0. The number of fused-ring (bicyclic) bond motifs is 1. The molecule has 0 aliphatic heterocycles. The van der Waals surface area contributed by atoms with Gasteiger partial charge in [-0.3, -0.25) is 4.79 Å². The quantitative estimate of drug-likeness (QED) is 0.578. The summed E-state index contributed by atoms with van der Waals surface area (Å²) in [6, 6.07) is 1.90. The van der Waals surface area contributed by atoms with Gasteiger partial charge in [-0.05, 0) is 18.6 Å². The molecule has 2 heterocycles. The molecule has 0 bridgehead atoms. The summed E-state index contributed by atoms with van der Waals surface area (Å²) in [5.41, 5.74) is 1.68. The highest BCUT2D eigenvalue weighted by molar-refractivity contribution is 5.81. The standard InChI is InChI=1S/C8H8N2O/c1-5-4-10-8(11)7-6(5)2-3-9-7/h2-4,9H,1H3,(H,10,11). The van der Waals surface area contributed by atoms with Gasteiger partial charge in [-0.1, -0.05) is 0 Å². The Morgan fingerprint density at radius 2 is 2.18 bits per heavy atom. The molecule has 2 aromatic rings. The first kappa shape index (κ1) is 6.22. The van der Waals surface area contributed by atoms with Crippen LogP contribution in [0, 0.1) is 6.92 Å². The van der Waals surface area contributed by atoms with E-state index in [4.69, 9.17) is 0 Å². The van der Waals surface area contributed by atoms with E-state index in [1.54, 1.807) is 12.4 Å². The first-order chi connectivity index (χ1) is 5.29. The van der Waals surface area contributed by atoms with Crippen LogP contribution >= 0.6 is 0 Å². The summed E-state index contributed by atoms with van der Waals surface area (Å²) in [5, 5.41) is 0.994. The molecule has 0 saturated heterocycles. The van der Waals surface area contributed by atoms with E-state index in [2.05, 4.69) is 9.97 Å². The second-order valence-corrected chi connectivity index (χ2v) is 2.57. The highest BCUT2D eigenvalue weighted by Gasteiger charge is 1.99. The van der Waals surface area contributed by atoms with Crippen LogP contribution in [0.4, 0.5) is 0 Å². The molecular formula is C8H8N2O. The highest BCUT2D eigenvalue weighted by atomic mass is 16.1. The summed E-state index contributed by atoms with van der Waals surface area (Å²) in [4.78, 5) is 16.6. The number of aryl methyl sites for hydroxylation is 1. The Morgan fingerprint density at radius 1 is 1.36 bits per heavy atom. The van der Waals surface area contributed by atoms with E-state index in [1.165, 1.54) is 0 Å². The van der Waals surface area contributed by atoms with Crippen molar-refractivity contribution in [3.8, 4) is 0 Å². The third-order valence-electron chi connectivity index (χ3n) is 1.82. The normalized spacial score (nSPS) is 10.6. The van der Waals surface area contributed by atoms with Crippen molar-refractivity contribution in [3.63, 3.8) is 0 Å². The molecule has 2 N–H and O–H groups in total. The molecule has 0 aliphatic carbocycles. The molecule has 2 rings (SSSR count). The number of nitrogens with one attached hydrogen (secondary N) is 2. The Labute approximate surface area is 63.1 Å². The largest absolute Gasteiger partial charge is 0.357 e. The first-order valence-corrected chi connectivity index (χ1v) is 3.44. The Kier molecular flexibility index (Phi) is 1.12. The topological polar surface area (TPSA) is 48.6 Å². The molecule has 3 nitrogen and oxygen atoms in total. The molecule has 2 aromatic heterocycles. The van der Waals surface area contributed by atoms with Gasteiger partial charge in [0.2, 0.25) is 0 Å². The first-order valence-electron chi connectivity index (χ1n) is 3.44. The molecular weight excluding hydrogens is 140 g/mol. The fourth-order valence-corrected chi connectivity index (χ4v) is 1.21. The van der Waals surface area contributed by atoms with E-state index >= 15 is 0 Å². The zero-order valence-electron chi connectivity index (χ0n) is 6.14. The molecule has 0 aliphatic rings. The van der Waals surface area contributed by atoms with Gasteiger partial charge < -0.3 is 9.97 Å². The zero-order chi connectivity index (χ0) is 7.84. The van der Waals surface area contributed by atoms with Crippen LogP contribution in [0.1, 0.15) is 5.56 Å². The number of pyridine rings is 1. The van der Waals surface area contributed by atoms with Gasteiger partial charge in [0.05, 0.1) is 0 Å². The monoisotopic (exact) mass is 148 g/mol. The number of hydrogen-bond donors (Lipinski definition) is 2. The molecule has 3 heteroatoms. The van der Waals surface area contributed by atoms with Crippen LogP contribution in [0.2, 0.25) is 0 Å².